The van der Waals surface area contributed by atoms with Gasteiger partial charge in [-0.3, -0.25) is 0 Å². The van der Waals surface area contributed by atoms with Gasteiger partial charge in [0.25, 0.3) is 0 Å². The van der Waals surface area contributed by atoms with Crippen molar-refractivity contribution in [1.82, 2.24) is 14.3 Å². The molecule has 26 heavy (non-hydrogen) atoms. The molecular formula is C18H15ClFN3O2S. The van der Waals surface area contributed by atoms with Crippen molar-refractivity contribution in [3.8, 4) is 0 Å². The highest BCUT2D eigenvalue weighted by Gasteiger charge is 2.27. The molecule has 2 aromatic heterocycles. The molecule has 0 fully saturated rings. The van der Waals surface area contributed by atoms with Crippen LogP contribution >= 0.6 is 11.6 Å². The molecule has 4 rings (SSSR count). The first-order chi connectivity index (χ1) is 12.5. The van der Waals surface area contributed by atoms with E-state index < -0.39 is 15.8 Å². The summed E-state index contributed by atoms with van der Waals surface area (Å²) in [6.45, 7) is 0.593. The summed E-state index contributed by atoms with van der Waals surface area (Å²) in [6, 6.07) is 7.31. The van der Waals surface area contributed by atoms with Crippen LogP contribution in [0.15, 0.2) is 53.7 Å². The third-order valence-electron chi connectivity index (χ3n) is 4.50. The number of fused-ring (bicyclic) bond motifs is 1. The van der Waals surface area contributed by atoms with Gasteiger partial charge in [0.1, 0.15) is 11.5 Å². The zero-order chi connectivity index (χ0) is 18.3. The average molecular weight is 392 g/mol. The van der Waals surface area contributed by atoms with Crippen LogP contribution in [0.3, 0.4) is 0 Å². The summed E-state index contributed by atoms with van der Waals surface area (Å²) < 4.78 is 40.2. The number of aromatic nitrogens is 2. The van der Waals surface area contributed by atoms with Crippen LogP contribution in [-0.2, 0) is 10.0 Å². The fourth-order valence-electron chi connectivity index (χ4n) is 3.12. The van der Waals surface area contributed by atoms with Gasteiger partial charge in [0.15, 0.2) is 0 Å². The fourth-order valence-corrected chi connectivity index (χ4v) is 4.77. The van der Waals surface area contributed by atoms with Crippen LogP contribution in [0.25, 0.3) is 16.6 Å². The summed E-state index contributed by atoms with van der Waals surface area (Å²) in [7, 11) is -3.72. The largest absolute Gasteiger partial charge is 0.346 e. The molecular weight excluding hydrogens is 377 g/mol. The highest BCUT2D eigenvalue weighted by atomic mass is 35.5. The van der Waals surface area contributed by atoms with Crippen molar-refractivity contribution in [1.29, 1.82) is 0 Å². The van der Waals surface area contributed by atoms with Gasteiger partial charge in [-0.15, -0.1) is 0 Å². The number of nitrogens with one attached hydrogen (secondary N) is 1. The van der Waals surface area contributed by atoms with Crippen LogP contribution in [0.2, 0.25) is 5.02 Å². The first-order valence-corrected chi connectivity index (χ1v) is 9.85. The maximum Gasteiger partial charge on any atom is 0.243 e. The van der Waals surface area contributed by atoms with E-state index in [1.165, 1.54) is 10.4 Å². The van der Waals surface area contributed by atoms with Crippen LogP contribution in [0.1, 0.15) is 12.0 Å². The minimum absolute atomic E-state index is 0.00274. The van der Waals surface area contributed by atoms with Gasteiger partial charge in [0, 0.05) is 36.4 Å². The Hall–Kier alpha value is -2.22. The third kappa shape index (κ3) is 2.92. The van der Waals surface area contributed by atoms with E-state index in [4.69, 9.17) is 11.6 Å². The fraction of sp³-hybridized carbons (Fsp3) is 0.167. The van der Waals surface area contributed by atoms with E-state index in [1.807, 2.05) is 24.4 Å². The average Bonchev–Trinajstić information content (AvgIpc) is 3.08. The normalized spacial score (nSPS) is 16.0. The molecule has 1 N–H and O–H groups in total. The summed E-state index contributed by atoms with van der Waals surface area (Å²) in [5.41, 5.74) is 2.92. The number of sulfonamides is 1. The summed E-state index contributed by atoms with van der Waals surface area (Å²) in [5.74, 6) is -0.639. The lowest BCUT2D eigenvalue weighted by molar-refractivity contribution is 0.441. The SMILES string of the molecule is O=S(=O)(c1ccc(F)c(Cl)c1)N1CC=C(c2c[nH]c3ncccc23)CC1. The van der Waals surface area contributed by atoms with Crippen LogP contribution in [0.5, 0.6) is 0 Å². The second-order valence-electron chi connectivity index (χ2n) is 6.02. The lowest BCUT2D eigenvalue weighted by Gasteiger charge is -2.26. The van der Waals surface area contributed by atoms with Crippen molar-refractivity contribution < 1.29 is 12.8 Å². The third-order valence-corrected chi connectivity index (χ3v) is 6.65. The van der Waals surface area contributed by atoms with Crippen LogP contribution < -0.4 is 0 Å². The second-order valence-corrected chi connectivity index (χ2v) is 8.37. The standard InChI is InChI=1S/C18H15ClFN3O2S/c19-16-10-13(3-4-17(16)20)26(24,25)23-8-5-12(6-9-23)15-11-22-18-14(15)2-1-7-21-18/h1-5,7,10-11H,6,8-9H2,(H,21,22). The molecule has 0 atom stereocenters. The van der Waals surface area contributed by atoms with E-state index in [0.717, 1.165) is 34.3 Å². The molecule has 0 spiro atoms. The highest BCUT2D eigenvalue weighted by molar-refractivity contribution is 7.89. The zero-order valence-electron chi connectivity index (χ0n) is 13.6. The van der Waals surface area contributed by atoms with Gasteiger partial charge in [-0.2, -0.15) is 4.31 Å². The van der Waals surface area contributed by atoms with E-state index in [0.29, 0.717) is 13.0 Å². The molecule has 0 bridgehead atoms. The second kappa shape index (κ2) is 6.50. The Morgan fingerprint density at radius 3 is 2.85 bits per heavy atom. The molecule has 5 nitrogen and oxygen atoms in total. The predicted molar refractivity (Wildman–Crippen MR) is 98.9 cm³/mol. The molecule has 8 heteroatoms. The van der Waals surface area contributed by atoms with E-state index in [9.17, 15) is 12.8 Å². The van der Waals surface area contributed by atoms with Crippen LogP contribution in [0, 0.1) is 5.82 Å². The predicted octanol–water partition coefficient (Wildman–Crippen LogP) is 3.83. The number of rotatable bonds is 3. The van der Waals surface area contributed by atoms with Crippen molar-refractivity contribution in [2.45, 2.75) is 11.3 Å². The van der Waals surface area contributed by atoms with Crippen LogP contribution in [-0.4, -0.2) is 35.8 Å². The number of aromatic amines is 1. The zero-order valence-corrected chi connectivity index (χ0v) is 15.2. The first-order valence-electron chi connectivity index (χ1n) is 8.03. The van der Waals surface area contributed by atoms with Gasteiger partial charge in [-0.1, -0.05) is 17.7 Å². The summed E-state index contributed by atoms with van der Waals surface area (Å²) in [4.78, 5) is 7.40. The molecule has 0 amide bonds. The number of halogens is 2. The molecule has 3 heterocycles. The molecule has 0 aliphatic carbocycles. The Bertz CT molecular complexity index is 1120. The molecule has 1 aromatic carbocycles. The molecule has 0 saturated carbocycles. The van der Waals surface area contributed by atoms with E-state index in [1.54, 1.807) is 6.20 Å². The quantitative estimate of drug-likeness (QED) is 0.737. The van der Waals surface area contributed by atoms with Crippen molar-refractivity contribution in [2.75, 3.05) is 13.1 Å². The summed E-state index contributed by atoms with van der Waals surface area (Å²) >= 11 is 5.73. The first kappa shape index (κ1) is 17.2. The molecule has 0 unspecified atom stereocenters. The van der Waals surface area contributed by atoms with Gasteiger partial charge >= 0.3 is 0 Å². The number of pyridine rings is 1. The Balaban J connectivity index is 1.61. The minimum atomic E-state index is -3.72. The molecule has 134 valence electrons. The maximum atomic E-state index is 13.3. The molecule has 1 aliphatic heterocycles. The number of hydrogen-bond acceptors (Lipinski definition) is 3. The Kier molecular flexibility index (Phi) is 4.30. The van der Waals surface area contributed by atoms with Gasteiger partial charge in [-0.05, 0) is 42.3 Å². The van der Waals surface area contributed by atoms with Crippen molar-refractivity contribution in [3.05, 3.63) is 65.2 Å². The van der Waals surface area contributed by atoms with Gasteiger partial charge in [0.05, 0.1) is 9.92 Å². The van der Waals surface area contributed by atoms with E-state index in [-0.39, 0.29) is 16.5 Å². The maximum absolute atomic E-state index is 13.3. The molecule has 0 saturated heterocycles. The van der Waals surface area contributed by atoms with Crippen LogP contribution in [0.4, 0.5) is 4.39 Å². The van der Waals surface area contributed by atoms with Gasteiger partial charge < -0.3 is 4.98 Å². The summed E-state index contributed by atoms with van der Waals surface area (Å²) in [5, 5.41) is 0.811. The van der Waals surface area contributed by atoms with Gasteiger partial charge in [0.2, 0.25) is 10.0 Å². The van der Waals surface area contributed by atoms with Gasteiger partial charge in [-0.25, -0.2) is 17.8 Å². The number of nitrogens with zero attached hydrogens (tertiary/aromatic N) is 2. The number of benzene rings is 1. The Morgan fingerprint density at radius 1 is 1.27 bits per heavy atom. The number of hydrogen-bond donors (Lipinski definition) is 1. The topological polar surface area (TPSA) is 66.1 Å². The number of H-pyrrole nitrogens is 1. The van der Waals surface area contributed by atoms with Crippen molar-refractivity contribution in [2.24, 2.45) is 0 Å². The lowest BCUT2D eigenvalue weighted by Crippen LogP contribution is -2.34. The lowest BCUT2D eigenvalue weighted by atomic mass is 10.0. The van der Waals surface area contributed by atoms with E-state index in [2.05, 4.69) is 9.97 Å². The van der Waals surface area contributed by atoms with E-state index >= 15 is 0 Å². The minimum Gasteiger partial charge on any atom is -0.346 e. The van der Waals surface area contributed by atoms with Crippen molar-refractivity contribution in [3.63, 3.8) is 0 Å². The van der Waals surface area contributed by atoms with Crippen molar-refractivity contribution >= 4 is 38.2 Å². The Labute approximate surface area is 155 Å². The highest BCUT2D eigenvalue weighted by Crippen LogP contribution is 2.30. The summed E-state index contributed by atoms with van der Waals surface area (Å²) in [6.07, 6.45) is 6.10. The smallest absolute Gasteiger partial charge is 0.243 e. The monoisotopic (exact) mass is 391 g/mol. The molecule has 3 aromatic rings. The Morgan fingerprint density at radius 2 is 2.12 bits per heavy atom. The molecule has 1 aliphatic rings. The molecule has 0 radical (unpaired) electrons.